The number of hydrogen-bond acceptors (Lipinski definition) is 6. The van der Waals surface area contributed by atoms with Gasteiger partial charge in [-0.25, -0.2) is 0 Å². The van der Waals surface area contributed by atoms with E-state index >= 15 is 0 Å². The Kier molecular flexibility index (Phi) is 22.3. The van der Waals surface area contributed by atoms with E-state index in [0.717, 1.165) is 10.8 Å². The van der Waals surface area contributed by atoms with Gasteiger partial charge in [0.15, 0.2) is 0 Å². The van der Waals surface area contributed by atoms with E-state index in [9.17, 15) is 0 Å². The lowest BCUT2D eigenvalue weighted by Crippen LogP contribution is -1.91. The van der Waals surface area contributed by atoms with Crippen molar-refractivity contribution in [3.05, 3.63) is 0 Å². The Labute approximate surface area is 148 Å². The predicted octanol–water partition coefficient (Wildman–Crippen LogP) is 5.30. The summed E-state index contributed by atoms with van der Waals surface area (Å²) in [5, 5.41) is 0.967. The molecule has 0 unspecified atom stereocenters. The van der Waals surface area contributed by atoms with Gasteiger partial charge in [-0.05, 0) is 71.7 Å². The first-order valence-electron chi connectivity index (χ1n) is 6.94. The Morgan fingerprint density at radius 3 is 1.21 bits per heavy atom. The Balaban J connectivity index is 2.88. The quantitative estimate of drug-likeness (QED) is 0.213. The zero-order valence-corrected chi connectivity index (χ0v) is 16.8. The predicted molar refractivity (Wildman–Crippen MR) is 111 cm³/mol. The normalized spacial score (nSPS) is 11.1. The van der Waals surface area contributed by atoms with Crippen LogP contribution in [0.1, 0.15) is 25.7 Å². The van der Waals surface area contributed by atoms with E-state index in [0.29, 0.717) is 0 Å². The Bertz CT molecular complexity index is 140. The molecule has 0 fully saturated rings. The lowest BCUT2D eigenvalue weighted by molar-refractivity contribution is 1.07. The van der Waals surface area contributed by atoms with E-state index in [-0.39, 0.29) is 0 Å². The maximum absolute atomic E-state index is 4.22. The van der Waals surface area contributed by atoms with E-state index in [1.54, 1.807) is 0 Å². The molecule has 0 N–H and O–H groups in total. The van der Waals surface area contributed by atoms with E-state index in [1.807, 2.05) is 11.8 Å². The lowest BCUT2D eigenvalue weighted by atomic mass is 10.6. The first-order valence-corrected chi connectivity index (χ1v) is 12.8. The fourth-order valence-corrected chi connectivity index (χ4v) is 5.81. The van der Waals surface area contributed by atoms with Crippen molar-refractivity contribution in [2.75, 3.05) is 51.1 Å². The number of thiol groups is 2. The molecule has 0 radical (unpaired) electrons. The van der Waals surface area contributed by atoms with Crippen LogP contribution in [0.4, 0.5) is 0 Å². The Morgan fingerprint density at radius 1 is 0.474 bits per heavy atom. The van der Waals surface area contributed by atoms with Crippen molar-refractivity contribution in [1.29, 1.82) is 0 Å². The summed E-state index contributed by atoms with van der Waals surface area (Å²) in [6.07, 6.45) is 5.34. The van der Waals surface area contributed by atoms with Gasteiger partial charge < -0.3 is 0 Å². The first-order chi connectivity index (χ1) is 9.41. The first kappa shape index (κ1) is 21.1. The van der Waals surface area contributed by atoms with Crippen LogP contribution < -0.4 is 0 Å². The minimum absolute atomic E-state index is 0.967. The van der Waals surface area contributed by atoms with Gasteiger partial charge in [0, 0.05) is 5.08 Å². The molecular weight excluding hydrogens is 349 g/mol. The molecule has 0 aromatic carbocycles. The van der Waals surface area contributed by atoms with Crippen molar-refractivity contribution in [3.8, 4) is 0 Å². The highest BCUT2D eigenvalue weighted by atomic mass is 32.2. The summed E-state index contributed by atoms with van der Waals surface area (Å²) < 4.78 is 0. The minimum atomic E-state index is 0.967. The fourth-order valence-electron chi connectivity index (χ4n) is 1.33. The maximum atomic E-state index is 4.22. The third-order valence-corrected chi connectivity index (χ3v) is 7.36. The van der Waals surface area contributed by atoms with Gasteiger partial charge in [0.2, 0.25) is 0 Å². The third kappa shape index (κ3) is 20.1. The van der Waals surface area contributed by atoms with Crippen LogP contribution in [-0.4, -0.2) is 51.1 Å². The van der Waals surface area contributed by atoms with Gasteiger partial charge in [0.25, 0.3) is 0 Å². The molecule has 116 valence electrons. The molecule has 0 aliphatic carbocycles. The van der Waals surface area contributed by atoms with E-state index in [4.69, 9.17) is 0 Å². The molecule has 0 aromatic rings. The van der Waals surface area contributed by atoms with Gasteiger partial charge in [0.1, 0.15) is 0 Å². The zero-order chi connectivity index (χ0) is 14.0. The van der Waals surface area contributed by atoms with Crippen LogP contribution in [0.25, 0.3) is 0 Å². The van der Waals surface area contributed by atoms with Gasteiger partial charge in [-0.1, -0.05) is 0 Å². The second kappa shape index (κ2) is 20.1. The standard InChI is InChI=1S/C13H28S6/c14-5-1-6-16-7-2-8-17-9-3-10-18-11-4-12-19-13-15/h14-15H,1-13H2. The smallest absolute Gasteiger partial charge is 0.0361 e. The summed E-state index contributed by atoms with van der Waals surface area (Å²) in [4.78, 5) is 0. The van der Waals surface area contributed by atoms with Crippen molar-refractivity contribution < 1.29 is 0 Å². The molecule has 0 aliphatic rings. The highest BCUT2D eigenvalue weighted by molar-refractivity contribution is 8.09. The van der Waals surface area contributed by atoms with Crippen LogP contribution in [0, 0.1) is 0 Å². The fraction of sp³-hybridized carbons (Fsp3) is 1.00. The molecule has 0 saturated carbocycles. The summed E-state index contributed by atoms with van der Waals surface area (Å²) in [7, 11) is 0. The van der Waals surface area contributed by atoms with Crippen molar-refractivity contribution in [2.24, 2.45) is 0 Å². The van der Waals surface area contributed by atoms with Crippen molar-refractivity contribution in [2.45, 2.75) is 25.7 Å². The van der Waals surface area contributed by atoms with Gasteiger partial charge in [0.05, 0.1) is 0 Å². The zero-order valence-electron chi connectivity index (χ0n) is 11.7. The lowest BCUT2D eigenvalue weighted by Gasteiger charge is -2.03. The summed E-state index contributed by atoms with van der Waals surface area (Å²) in [6.45, 7) is 0. The van der Waals surface area contributed by atoms with Crippen LogP contribution in [-0.2, 0) is 0 Å². The molecule has 0 saturated heterocycles. The molecule has 0 nitrogen and oxygen atoms in total. The summed E-state index contributed by atoms with van der Waals surface area (Å²) in [6, 6.07) is 0. The van der Waals surface area contributed by atoms with Crippen molar-refractivity contribution in [1.82, 2.24) is 0 Å². The molecule has 0 rings (SSSR count). The number of hydrogen-bond donors (Lipinski definition) is 2. The molecule has 0 aliphatic heterocycles. The van der Waals surface area contributed by atoms with E-state index in [2.05, 4.69) is 60.5 Å². The minimum Gasteiger partial charge on any atom is -0.179 e. The van der Waals surface area contributed by atoms with Crippen molar-refractivity contribution in [3.63, 3.8) is 0 Å². The summed E-state index contributed by atoms with van der Waals surface area (Å²) in [5.74, 6) is 10.3. The van der Waals surface area contributed by atoms with Crippen LogP contribution in [0.2, 0.25) is 0 Å². The summed E-state index contributed by atoms with van der Waals surface area (Å²) >= 11 is 16.7. The van der Waals surface area contributed by atoms with Crippen molar-refractivity contribution >= 4 is 72.3 Å². The average Bonchev–Trinajstić information content (AvgIpc) is 2.43. The Hall–Kier alpha value is 2.10. The highest BCUT2D eigenvalue weighted by Crippen LogP contribution is 2.13. The van der Waals surface area contributed by atoms with Gasteiger partial charge in [-0.3, -0.25) is 0 Å². The molecule has 0 aromatic heterocycles. The molecular formula is C13H28S6. The number of thioether (sulfide) groups is 4. The largest absolute Gasteiger partial charge is 0.179 e. The van der Waals surface area contributed by atoms with Crippen LogP contribution >= 0.6 is 72.3 Å². The number of rotatable bonds is 16. The van der Waals surface area contributed by atoms with Gasteiger partial charge in [-0.15, -0.1) is 0 Å². The molecule has 0 heterocycles. The third-order valence-electron chi connectivity index (χ3n) is 2.27. The van der Waals surface area contributed by atoms with E-state index in [1.165, 1.54) is 66.0 Å². The average molecular weight is 377 g/mol. The molecule has 0 amide bonds. The molecule has 0 bridgehead atoms. The SMILES string of the molecule is SCCCSCCCSCCCSCCCSCS. The second-order valence-corrected chi connectivity index (χ2v) is 9.98. The Morgan fingerprint density at radius 2 is 0.842 bits per heavy atom. The molecule has 6 heteroatoms. The summed E-state index contributed by atoms with van der Waals surface area (Å²) in [5.41, 5.74) is 0. The second-order valence-electron chi connectivity index (χ2n) is 4.01. The topological polar surface area (TPSA) is 0 Å². The molecule has 0 spiro atoms. The van der Waals surface area contributed by atoms with Crippen LogP contribution in [0.3, 0.4) is 0 Å². The molecule has 0 atom stereocenters. The highest BCUT2D eigenvalue weighted by Gasteiger charge is 1.94. The van der Waals surface area contributed by atoms with E-state index < -0.39 is 0 Å². The van der Waals surface area contributed by atoms with Crippen LogP contribution in [0.5, 0.6) is 0 Å². The maximum Gasteiger partial charge on any atom is 0.0361 e. The van der Waals surface area contributed by atoms with Crippen LogP contribution in [0.15, 0.2) is 0 Å². The monoisotopic (exact) mass is 376 g/mol. The molecule has 19 heavy (non-hydrogen) atoms. The van der Waals surface area contributed by atoms with Gasteiger partial charge in [-0.2, -0.15) is 72.3 Å². The van der Waals surface area contributed by atoms with Gasteiger partial charge >= 0.3 is 0 Å².